The first-order valence-electron chi connectivity index (χ1n) is 27.0. The minimum absolute atomic E-state index is 0.00250. The molecule has 0 bridgehead atoms. The monoisotopic (exact) mass is 1060 g/mol. The molecule has 0 radical (unpaired) electrons. The van der Waals surface area contributed by atoms with Crippen molar-refractivity contribution in [3.8, 4) is 79.0 Å². The van der Waals surface area contributed by atoms with Gasteiger partial charge in [0.25, 0.3) is 0 Å². The van der Waals surface area contributed by atoms with Crippen LogP contribution in [0.4, 0.5) is 0 Å². The maximum atomic E-state index is 13.3. The number of methoxy groups -OCH3 is 2. The number of aromatic hydroxyl groups is 1. The van der Waals surface area contributed by atoms with Crippen molar-refractivity contribution < 1.29 is 43.2 Å². The summed E-state index contributed by atoms with van der Waals surface area (Å²) in [7, 11) is 7.50. The number of ketones is 2. The van der Waals surface area contributed by atoms with Gasteiger partial charge in [-0.25, -0.2) is 0 Å². The molecule has 2 aliphatic heterocycles. The number of Topliss-reactive ketones (excluding diaryl/α,β-unsaturated/α-hetero) is 2. The van der Waals surface area contributed by atoms with Crippen LogP contribution in [0.5, 0.6) is 34.5 Å². The number of hydrogen-bond donors (Lipinski definition) is 1. The van der Waals surface area contributed by atoms with Crippen molar-refractivity contribution in [2.24, 2.45) is 0 Å². The summed E-state index contributed by atoms with van der Waals surface area (Å²) in [5.74, 6) is 3.25. The molecule has 1 N–H and O–H groups in total. The first kappa shape index (κ1) is 55.3. The van der Waals surface area contributed by atoms with Gasteiger partial charge in [-0.05, 0) is 169 Å². The van der Waals surface area contributed by atoms with Gasteiger partial charge in [0.15, 0.2) is 11.6 Å². The number of ether oxygens (including phenoxy) is 5. The van der Waals surface area contributed by atoms with Crippen LogP contribution in [0.25, 0.3) is 44.5 Å². The molecule has 0 amide bonds. The maximum Gasteiger partial charge on any atom is 0.308 e. The summed E-state index contributed by atoms with van der Waals surface area (Å²) in [4.78, 5) is 42.7. The van der Waals surface area contributed by atoms with Gasteiger partial charge in [-0.15, -0.1) is 0 Å². The summed E-state index contributed by atoms with van der Waals surface area (Å²) < 4.78 is 28.4. The summed E-state index contributed by atoms with van der Waals surface area (Å²) in [5.41, 5.74) is 10.2. The molecule has 2 aliphatic rings. The Morgan fingerprint density at radius 1 is 0.456 bits per heavy atom. The fourth-order valence-corrected chi connectivity index (χ4v) is 9.94. The van der Waals surface area contributed by atoms with E-state index in [4.69, 9.17) is 23.7 Å². The predicted molar refractivity (Wildman–Crippen MR) is 312 cm³/mol. The number of hydrogen-bond acceptors (Lipinski definition) is 11. The molecule has 0 unspecified atom stereocenters. The average Bonchev–Trinajstić information content (AvgIpc) is 3.51. The van der Waals surface area contributed by atoms with Gasteiger partial charge in [0, 0.05) is 68.2 Å². The molecular formula is C68H68N2O9. The number of carbonyl (C=O) groups is 3. The van der Waals surface area contributed by atoms with Crippen LogP contribution in [0.2, 0.25) is 0 Å². The van der Waals surface area contributed by atoms with Crippen molar-refractivity contribution in [1.82, 2.24) is 9.80 Å². The summed E-state index contributed by atoms with van der Waals surface area (Å²) in [6.45, 7) is 5.65. The largest absolute Gasteiger partial charge is 0.507 e. The lowest BCUT2D eigenvalue weighted by atomic mass is 9.96. The zero-order valence-corrected chi connectivity index (χ0v) is 45.7. The molecule has 404 valence electrons. The highest BCUT2D eigenvalue weighted by Gasteiger charge is 2.21. The summed E-state index contributed by atoms with van der Waals surface area (Å²) in [5, 5.41) is 10.4. The highest BCUT2D eigenvalue weighted by molar-refractivity contribution is 6.00. The predicted octanol–water partition coefficient (Wildman–Crippen LogP) is 13.5. The third-order valence-electron chi connectivity index (χ3n) is 14.6. The molecule has 0 aliphatic carbocycles. The van der Waals surface area contributed by atoms with E-state index in [0.29, 0.717) is 39.5 Å². The molecule has 11 nitrogen and oxygen atoms in total. The number of piperidine rings is 2. The van der Waals surface area contributed by atoms with Crippen molar-refractivity contribution in [3.05, 3.63) is 204 Å². The number of phenols is 1. The van der Waals surface area contributed by atoms with Gasteiger partial charge >= 0.3 is 5.97 Å². The van der Waals surface area contributed by atoms with E-state index in [1.165, 1.54) is 6.92 Å². The standard InChI is InChI=1S/C35H35NO5.C33H33NO4/c1-24(37)40-35-16-13-29(23-33(35)28-5-4-6-32(22-28)39-3)34(38)21-25-7-9-26(10-8-25)27-11-14-30(15-12-27)41-31-17-19-36(2)20-18-31;1-34-18-16-29(17-19-34)38-28-13-10-25(11-14-28)24-8-6-23(7-9-24)20-33(36)27-12-15-32(35)31(22-27)26-4-3-5-30(21-26)37-2/h4-16,22-23,31H,17-21H2,1-3H3;3-15,21-22,29,35H,16-20H2,1-2H3. The van der Waals surface area contributed by atoms with Crippen LogP contribution in [0, 0.1) is 0 Å². The number of rotatable bonds is 17. The van der Waals surface area contributed by atoms with Crippen LogP contribution in [-0.4, -0.2) is 99.1 Å². The fourth-order valence-electron chi connectivity index (χ4n) is 9.94. The molecule has 10 rings (SSSR count). The van der Waals surface area contributed by atoms with Crippen LogP contribution >= 0.6 is 0 Å². The van der Waals surface area contributed by atoms with E-state index in [9.17, 15) is 19.5 Å². The Morgan fingerprint density at radius 3 is 1.27 bits per heavy atom. The normalized spacial score (nSPS) is 14.1. The van der Waals surface area contributed by atoms with Crippen LogP contribution in [0.15, 0.2) is 182 Å². The Hall–Kier alpha value is -8.51. The van der Waals surface area contributed by atoms with Gasteiger partial charge in [0.05, 0.1) is 14.2 Å². The Balaban J connectivity index is 0.000000192. The van der Waals surface area contributed by atoms with E-state index in [1.807, 2.05) is 121 Å². The smallest absolute Gasteiger partial charge is 0.308 e. The Kier molecular flexibility index (Phi) is 18.3. The molecule has 2 fully saturated rings. The fraction of sp³-hybridized carbons (Fsp3) is 0.250. The molecule has 2 heterocycles. The number of likely N-dealkylation sites (tertiary alicyclic amines) is 2. The molecule has 11 heteroatoms. The highest BCUT2D eigenvalue weighted by atomic mass is 16.5. The highest BCUT2D eigenvalue weighted by Crippen LogP contribution is 2.36. The summed E-state index contributed by atoms with van der Waals surface area (Å²) in [6.07, 6.45) is 5.33. The minimum atomic E-state index is -0.423. The van der Waals surface area contributed by atoms with E-state index < -0.39 is 5.97 Å². The third kappa shape index (κ3) is 15.0. The lowest BCUT2D eigenvalue weighted by molar-refractivity contribution is -0.131. The maximum absolute atomic E-state index is 13.3. The molecule has 0 atom stereocenters. The van der Waals surface area contributed by atoms with Crippen molar-refractivity contribution in [2.75, 3.05) is 54.5 Å². The van der Waals surface area contributed by atoms with E-state index in [1.54, 1.807) is 50.6 Å². The second kappa shape index (κ2) is 26.2. The van der Waals surface area contributed by atoms with Gasteiger partial charge in [0.1, 0.15) is 46.7 Å². The SMILES string of the molecule is COc1cccc(-c2cc(C(=O)Cc3ccc(-c4ccc(OC5CCN(C)CC5)cc4)cc3)ccc2O)c1.COc1cccc(-c2cc(C(=O)Cc3ccc(-c4ccc(OC5CCN(C)CC5)cc4)cc3)ccc2OC(C)=O)c1. The minimum Gasteiger partial charge on any atom is -0.507 e. The molecule has 0 saturated carbocycles. The number of benzene rings is 8. The van der Waals surface area contributed by atoms with Gasteiger partial charge in [-0.1, -0.05) is 97.1 Å². The second-order valence-electron chi connectivity index (χ2n) is 20.4. The first-order chi connectivity index (χ1) is 38.4. The molecule has 8 aromatic rings. The van der Waals surface area contributed by atoms with Crippen molar-refractivity contribution in [1.29, 1.82) is 0 Å². The van der Waals surface area contributed by atoms with Crippen LogP contribution < -0.4 is 23.7 Å². The van der Waals surface area contributed by atoms with Gasteiger partial charge in [-0.3, -0.25) is 14.4 Å². The number of phenolic OH excluding ortho intramolecular Hbond substituents is 1. The number of carbonyl (C=O) groups excluding carboxylic acids is 3. The van der Waals surface area contributed by atoms with Crippen LogP contribution in [0.1, 0.15) is 64.4 Å². The van der Waals surface area contributed by atoms with Crippen molar-refractivity contribution >= 4 is 17.5 Å². The Bertz CT molecular complexity index is 3340. The Labute approximate surface area is 463 Å². The van der Waals surface area contributed by atoms with E-state index in [2.05, 4.69) is 48.2 Å². The number of esters is 1. The van der Waals surface area contributed by atoms with Gasteiger partial charge < -0.3 is 38.6 Å². The number of nitrogens with zero attached hydrogens (tertiary/aromatic N) is 2. The Morgan fingerprint density at radius 2 is 0.848 bits per heavy atom. The van der Waals surface area contributed by atoms with Crippen molar-refractivity contribution in [2.45, 2.75) is 57.7 Å². The topological polar surface area (TPSA) is 124 Å². The van der Waals surface area contributed by atoms with Crippen LogP contribution in [0.3, 0.4) is 0 Å². The lowest BCUT2D eigenvalue weighted by Gasteiger charge is -2.29. The van der Waals surface area contributed by atoms with E-state index in [0.717, 1.165) is 108 Å². The molecule has 0 aromatic heterocycles. The van der Waals surface area contributed by atoms with Gasteiger partial charge in [-0.2, -0.15) is 0 Å². The lowest BCUT2D eigenvalue weighted by Crippen LogP contribution is -2.35. The first-order valence-corrected chi connectivity index (χ1v) is 27.0. The third-order valence-corrected chi connectivity index (χ3v) is 14.6. The van der Waals surface area contributed by atoms with E-state index >= 15 is 0 Å². The molecule has 79 heavy (non-hydrogen) atoms. The van der Waals surface area contributed by atoms with Crippen molar-refractivity contribution in [3.63, 3.8) is 0 Å². The molecular weight excluding hydrogens is 989 g/mol. The van der Waals surface area contributed by atoms with Gasteiger partial charge in [0.2, 0.25) is 0 Å². The summed E-state index contributed by atoms with van der Waals surface area (Å²) in [6, 6.07) is 57.7. The quantitative estimate of drug-likeness (QED) is 0.0532. The zero-order valence-electron chi connectivity index (χ0n) is 45.7. The van der Waals surface area contributed by atoms with Crippen LogP contribution in [-0.2, 0) is 17.6 Å². The summed E-state index contributed by atoms with van der Waals surface area (Å²) >= 11 is 0. The molecule has 2 saturated heterocycles. The zero-order chi connectivity index (χ0) is 55.3. The second-order valence-corrected chi connectivity index (χ2v) is 20.4. The molecule has 0 spiro atoms. The molecule has 8 aromatic carbocycles. The van der Waals surface area contributed by atoms with E-state index in [-0.39, 0.29) is 42.4 Å². The average molecular weight is 1060 g/mol.